The summed E-state index contributed by atoms with van der Waals surface area (Å²) in [5, 5.41) is 7.12. The van der Waals surface area contributed by atoms with E-state index >= 15 is 0 Å². The molecule has 2 aliphatic heterocycles. The normalized spacial score (nSPS) is 17.6. The van der Waals surface area contributed by atoms with Crippen LogP contribution < -0.4 is 19.7 Å². The highest BCUT2D eigenvalue weighted by Gasteiger charge is 2.35. The second kappa shape index (κ2) is 8.14. The van der Waals surface area contributed by atoms with Crippen LogP contribution >= 0.6 is 0 Å². The van der Waals surface area contributed by atoms with Gasteiger partial charge in [0.05, 0.1) is 12.5 Å². The minimum Gasteiger partial charge on any atom is -0.486 e. The number of nitrogens with one attached hydrogen (secondary N) is 1. The van der Waals surface area contributed by atoms with Gasteiger partial charge in [0.25, 0.3) is 0 Å². The van der Waals surface area contributed by atoms with Crippen molar-refractivity contribution in [1.82, 2.24) is 9.78 Å². The lowest BCUT2D eigenvalue weighted by atomic mass is 10.1. The Kier molecular flexibility index (Phi) is 5.03. The van der Waals surface area contributed by atoms with Gasteiger partial charge < -0.3 is 19.7 Å². The molecule has 1 unspecified atom stereocenters. The molecule has 2 amide bonds. The molecule has 2 aliphatic rings. The molecule has 1 saturated heterocycles. The van der Waals surface area contributed by atoms with E-state index in [4.69, 9.17) is 9.47 Å². The fourth-order valence-corrected chi connectivity index (χ4v) is 3.85. The van der Waals surface area contributed by atoms with E-state index in [1.54, 1.807) is 23.2 Å². The van der Waals surface area contributed by atoms with E-state index in [0.29, 0.717) is 49.2 Å². The molecule has 31 heavy (non-hydrogen) atoms. The Balaban J connectivity index is 1.22. The van der Waals surface area contributed by atoms with Crippen LogP contribution in [0.1, 0.15) is 12.0 Å². The molecule has 0 spiro atoms. The highest BCUT2D eigenvalue weighted by Crippen LogP contribution is 2.36. The maximum atomic E-state index is 12.8. The highest BCUT2D eigenvalue weighted by atomic mass is 16.6. The van der Waals surface area contributed by atoms with Gasteiger partial charge >= 0.3 is 0 Å². The summed E-state index contributed by atoms with van der Waals surface area (Å²) in [6.07, 6.45) is 3.82. The van der Waals surface area contributed by atoms with Crippen molar-refractivity contribution in [3.05, 3.63) is 66.5 Å². The molecule has 1 fully saturated rings. The minimum atomic E-state index is -0.413. The number of amides is 2. The van der Waals surface area contributed by atoms with E-state index in [1.165, 1.54) is 0 Å². The van der Waals surface area contributed by atoms with Gasteiger partial charge in [-0.25, -0.2) is 0 Å². The zero-order valence-electron chi connectivity index (χ0n) is 16.9. The fourth-order valence-electron chi connectivity index (χ4n) is 3.85. The van der Waals surface area contributed by atoms with Gasteiger partial charge in [-0.2, -0.15) is 5.10 Å². The van der Waals surface area contributed by atoms with Crippen molar-refractivity contribution < 1.29 is 19.1 Å². The Morgan fingerprint density at radius 1 is 1.10 bits per heavy atom. The predicted molar refractivity (Wildman–Crippen MR) is 114 cm³/mol. The summed E-state index contributed by atoms with van der Waals surface area (Å²) in [7, 11) is 0. The molecule has 0 radical (unpaired) electrons. The number of carbonyl (C=O) groups excluding carboxylic acids is 2. The number of nitrogens with zero attached hydrogens (tertiary/aromatic N) is 3. The lowest BCUT2D eigenvalue weighted by Gasteiger charge is -2.22. The number of ether oxygens (including phenoxy) is 2. The first-order valence-corrected chi connectivity index (χ1v) is 10.2. The lowest BCUT2D eigenvalue weighted by Crippen LogP contribution is -2.28. The maximum Gasteiger partial charge on any atom is 0.229 e. The van der Waals surface area contributed by atoms with Crippen molar-refractivity contribution in [1.29, 1.82) is 0 Å². The van der Waals surface area contributed by atoms with E-state index in [0.717, 1.165) is 5.56 Å². The van der Waals surface area contributed by atoms with E-state index in [1.807, 2.05) is 47.3 Å². The van der Waals surface area contributed by atoms with Crippen LogP contribution in [0.3, 0.4) is 0 Å². The number of hydrogen-bond acceptors (Lipinski definition) is 5. The number of anilines is 2. The summed E-state index contributed by atoms with van der Waals surface area (Å²) in [5.41, 5.74) is 2.51. The second-order valence-electron chi connectivity index (χ2n) is 7.62. The molecule has 5 rings (SSSR count). The highest BCUT2D eigenvalue weighted by molar-refractivity contribution is 6.03. The zero-order valence-corrected chi connectivity index (χ0v) is 16.9. The number of benzene rings is 2. The van der Waals surface area contributed by atoms with Crippen LogP contribution in [0.25, 0.3) is 0 Å². The van der Waals surface area contributed by atoms with Crippen LogP contribution in [0.4, 0.5) is 11.4 Å². The van der Waals surface area contributed by atoms with Gasteiger partial charge in [0.2, 0.25) is 11.8 Å². The number of carbonyl (C=O) groups is 2. The van der Waals surface area contributed by atoms with Crippen molar-refractivity contribution in [3.8, 4) is 11.5 Å². The van der Waals surface area contributed by atoms with Crippen molar-refractivity contribution in [3.63, 3.8) is 0 Å². The standard InChI is InChI=1S/C23H22N4O4/c28-22-12-17(15-27(22)19-6-7-20-21(13-19)31-11-10-30-20)23(29)25-18-4-2-16(3-5-18)14-26-9-1-8-24-26/h1-9,13,17H,10-12,14-15H2,(H,25,29). The summed E-state index contributed by atoms with van der Waals surface area (Å²) >= 11 is 0. The molecule has 1 N–H and O–H groups in total. The largest absolute Gasteiger partial charge is 0.486 e. The molecular weight excluding hydrogens is 396 g/mol. The van der Waals surface area contributed by atoms with Crippen LogP contribution in [0.2, 0.25) is 0 Å². The number of hydrogen-bond donors (Lipinski definition) is 1. The maximum absolute atomic E-state index is 12.8. The van der Waals surface area contributed by atoms with Crippen LogP contribution in [0.5, 0.6) is 11.5 Å². The Morgan fingerprint density at radius 2 is 1.90 bits per heavy atom. The zero-order chi connectivity index (χ0) is 21.2. The first kappa shape index (κ1) is 19.2. The van der Waals surface area contributed by atoms with Gasteiger partial charge in [0, 0.05) is 42.8 Å². The van der Waals surface area contributed by atoms with E-state index in [9.17, 15) is 9.59 Å². The SMILES string of the molecule is O=C(Nc1ccc(Cn2cccn2)cc1)C1CC(=O)N(c2ccc3c(c2)OCCO3)C1. The van der Waals surface area contributed by atoms with Crippen LogP contribution in [0.15, 0.2) is 60.9 Å². The van der Waals surface area contributed by atoms with Crippen molar-refractivity contribution in [2.24, 2.45) is 5.92 Å². The molecule has 158 valence electrons. The first-order valence-electron chi connectivity index (χ1n) is 10.2. The van der Waals surface area contributed by atoms with E-state index in [-0.39, 0.29) is 18.2 Å². The third kappa shape index (κ3) is 4.09. The van der Waals surface area contributed by atoms with Gasteiger partial charge in [-0.05, 0) is 35.9 Å². The average molecular weight is 418 g/mol. The third-order valence-corrected chi connectivity index (χ3v) is 5.46. The molecule has 0 aliphatic carbocycles. The number of fused-ring (bicyclic) bond motifs is 1. The van der Waals surface area contributed by atoms with Crippen LogP contribution in [0, 0.1) is 5.92 Å². The predicted octanol–water partition coefficient (Wildman–Crippen LogP) is 2.69. The molecule has 3 heterocycles. The first-order chi connectivity index (χ1) is 15.2. The van der Waals surface area contributed by atoms with Gasteiger partial charge in [-0.3, -0.25) is 14.3 Å². The lowest BCUT2D eigenvalue weighted by molar-refractivity contribution is -0.122. The van der Waals surface area contributed by atoms with Gasteiger partial charge in [-0.15, -0.1) is 0 Å². The van der Waals surface area contributed by atoms with Crippen molar-refractivity contribution in [2.75, 3.05) is 30.0 Å². The van der Waals surface area contributed by atoms with E-state index in [2.05, 4.69) is 10.4 Å². The molecule has 8 heteroatoms. The molecule has 8 nitrogen and oxygen atoms in total. The second-order valence-corrected chi connectivity index (χ2v) is 7.62. The quantitative estimate of drug-likeness (QED) is 0.689. The Hall–Kier alpha value is -3.81. The molecule has 0 saturated carbocycles. The molecule has 2 aromatic carbocycles. The molecule has 1 atom stereocenters. The Morgan fingerprint density at radius 3 is 2.68 bits per heavy atom. The summed E-state index contributed by atoms with van der Waals surface area (Å²) in [6, 6.07) is 14.9. The molecule has 3 aromatic rings. The van der Waals surface area contributed by atoms with Crippen LogP contribution in [-0.2, 0) is 16.1 Å². The van der Waals surface area contributed by atoms with Gasteiger partial charge in [0.1, 0.15) is 13.2 Å². The van der Waals surface area contributed by atoms with Crippen molar-refractivity contribution >= 4 is 23.2 Å². The van der Waals surface area contributed by atoms with Crippen molar-refractivity contribution in [2.45, 2.75) is 13.0 Å². The molecular formula is C23H22N4O4. The monoisotopic (exact) mass is 418 g/mol. The Labute approximate surface area is 179 Å². The number of aromatic nitrogens is 2. The summed E-state index contributed by atoms with van der Waals surface area (Å²) in [6.45, 7) is 2.00. The smallest absolute Gasteiger partial charge is 0.229 e. The number of rotatable bonds is 5. The summed E-state index contributed by atoms with van der Waals surface area (Å²) < 4.78 is 13.0. The molecule has 0 bridgehead atoms. The topological polar surface area (TPSA) is 85.7 Å². The summed E-state index contributed by atoms with van der Waals surface area (Å²) in [4.78, 5) is 27.0. The summed E-state index contributed by atoms with van der Waals surface area (Å²) in [5.74, 6) is 0.649. The van der Waals surface area contributed by atoms with Gasteiger partial charge in [0.15, 0.2) is 11.5 Å². The van der Waals surface area contributed by atoms with E-state index < -0.39 is 5.92 Å². The fraction of sp³-hybridized carbons (Fsp3) is 0.261. The minimum absolute atomic E-state index is 0.0774. The van der Waals surface area contributed by atoms with Gasteiger partial charge in [-0.1, -0.05) is 12.1 Å². The third-order valence-electron chi connectivity index (χ3n) is 5.46. The molecule has 1 aromatic heterocycles. The Bertz CT molecular complexity index is 1100. The van der Waals surface area contributed by atoms with Crippen LogP contribution in [-0.4, -0.2) is 41.4 Å². The average Bonchev–Trinajstić information content (AvgIpc) is 3.44.